The van der Waals surface area contributed by atoms with Crippen molar-refractivity contribution in [3.63, 3.8) is 0 Å². The lowest BCUT2D eigenvalue weighted by Crippen LogP contribution is -2.45. The van der Waals surface area contributed by atoms with Gasteiger partial charge >= 0.3 is 0 Å². The molecule has 5 nitrogen and oxygen atoms in total. The Kier molecular flexibility index (Phi) is 4.67. The first kappa shape index (κ1) is 15.3. The number of hydrogen-bond acceptors (Lipinski definition) is 4. The van der Waals surface area contributed by atoms with Crippen LogP contribution in [0.25, 0.3) is 0 Å². The van der Waals surface area contributed by atoms with Gasteiger partial charge in [0.05, 0.1) is 7.11 Å². The number of methoxy groups -OCH3 is 1. The first-order valence-corrected chi connectivity index (χ1v) is 8.30. The average molecular weight is 298 g/mol. The van der Waals surface area contributed by atoms with E-state index in [-0.39, 0.29) is 10.9 Å². The van der Waals surface area contributed by atoms with Crippen molar-refractivity contribution in [2.45, 2.75) is 37.6 Å². The molecule has 2 N–H and O–H groups in total. The minimum atomic E-state index is -3.56. The Morgan fingerprint density at radius 2 is 2.10 bits per heavy atom. The predicted molar refractivity (Wildman–Crippen MR) is 78.7 cm³/mol. The molecular weight excluding hydrogens is 276 g/mol. The van der Waals surface area contributed by atoms with Crippen LogP contribution in [0.4, 0.5) is 0 Å². The summed E-state index contributed by atoms with van der Waals surface area (Å²) in [7, 11) is -2.06. The number of ether oxygens (including phenoxy) is 1. The average Bonchev–Trinajstić information content (AvgIpc) is 2.38. The van der Waals surface area contributed by atoms with E-state index < -0.39 is 10.0 Å². The van der Waals surface area contributed by atoms with E-state index in [9.17, 15) is 8.42 Å². The van der Waals surface area contributed by atoms with Gasteiger partial charge in [0.25, 0.3) is 0 Å². The maximum absolute atomic E-state index is 12.6. The number of sulfonamides is 1. The van der Waals surface area contributed by atoms with Gasteiger partial charge in [-0.05, 0) is 50.4 Å². The highest BCUT2D eigenvalue weighted by molar-refractivity contribution is 7.89. The minimum Gasteiger partial charge on any atom is -0.495 e. The summed E-state index contributed by atoms with van der Waals surface area (Å²) in [5.74, 6) is 0.423. The van der Waals surface area contributed by atoms with Crippen molar-refractivity contribution < 1.29 is 13.2 Å². The van der Waals surface area contributed by atoms with Gasteiger partial charge in [-0.3, -0.25) is 0 Å². The first-order chi connectivity index (χ1) is 9.44. The van der Waals surface area contributed by atoms with Crippen LogP contribution in [0.1, 0.15) is 24.0 Å². The monoisotopic (exact) mass is 298 g/mol. The molecule has 0 unspecified atom stereocenters. The topological polar surface area (TPSA) is 67.4 Å². The lowest BCUT2D eigenvalue weighted by atomic mass is 10.1. The van der Waals surface area contributed by atoms with Crippen LogP contribution in [0, 0.1) is 13.8 Å². The molecule has 0 aliphatic carbocycles. The summed E-state index contributed by atoms with van der Waals surface area (Å²) in [6.07, 6.45) is 1.84. The second-order valence-corrected chi connectivity index (χ2v) is 6.96. The fourth-order valence-electron chi connectivity index (χ4n) is 2.61. The summed E-state index contributed by atoms with van der Waals surface area (Å²) in [6.45, 7) is 5.36. The largest absolute Gasteiger partial charge is 0.495 e. The second kappa shape index (κ2) is 6.11. The Balaban J connectivity index is 2.33. The molecule has 1 fully saturated rings. The molecule has 1 saturated heterocycles. The van der Waals surface area contributed by atoms with Crippen molar-refractivity contribution in [3.8, 4) is 5.75 Å². The van der Waals surface area contributed by atoms with Gasteiger partial charge in [-0.25, -0.2) is 13.1 Å². The SMILES string of the molecule is COc1c(C)cc(C)cc1S(=O)(=O)N[C@@H]1CCCNC1. The van der Waals surface area contributed by atoms with Gasteiger partial charge in [0.2, 0.25) is 10.0 Å². The van der Waals surface area contributed by atoms with Crippen molar-refractivity contribution in [3.05, 3.63) is 23.3 Å². The van der Waals surface area contributed by atoms with Gasteiger partial charge < -0.3 is 10.1 Å². The van der Waals surface area contributed by atoms with E-state index in [2.05, 4.69) is 10.0 Å². The van der Waals surface area contributed by atoms with Crippen molar-refractivity contribution in [1.29, 1.82) is 0 Å². The molecule has 1 aromatic rings. The normalized spacial score (nSPS) is 19.9. The van der Waals surface area contributed by atoms with Crippen LogP contribution in [0.15, 0.2) is 17.0 Å². The standard InChI is InChI=1S/C14H22N2O3S/c1-10-7-11(2)14(19-3)13(8-10)20(17,18)16-12-5-4-6-15-9-12/h7-8,12,15-16H,4-6,9H2,1-3H3/t12-/m1/s1. The first-order valence-electron chi connectivity index (χ1n) is 6.82. The fourth-order valence-corrected chi connectivity index (χ4v) is 4.21. The molecule has 2 rings (SSSR count). The molecule has 0 bridgehead atoms. The van der Waals surface area contributed by atoms with Crippen molar-refractivity contribution in [2.24, 2.45) is 0 Å². The van der Waals surface area contributed by atoms with Gasteiger partial charge in [0, 0.05) is 12.6 Å². The molecular formula is C14H22N2O3S. The molecule has 0 saturated carbocycles. The molecule has 1 atom stereocenters. The Hall–Kier alpha value is -1.11. The lowest BCUT2D eigenvalue weighted by molar-refractivity contribution is 0.396. The predicted octanol–water partition coefficient (Wildman–Crippen LogP) is 1.34. The van der Waals surface area contributed by atoms with Crippen LogP contribution in [0.2, 0.25) is 0 Å². The van der Waals surface area contributed by atoms with E-state index in [0.29, 0.717) is 12.3 Å². The summed E-state index contributed by atoms with van der Waals surface area (Å²) < 4.78 is 33.2. The van der Waals surface area contributed by atoms with Crippen molar-refractivity contribution in [2.75, 3.05) is 20.2 Å². The van der Waals surface area contributed by atoms with E-state index in [1.165, 1.54) is 7.11 Å². The minimum absolute atomic E-state index is 0.0562. The van der Waals surface area contributed by atoms with E-state index in [0.717, 1.165) is 30.5 Å². The third kappa shape index (κ3) is 3.31. The number of aryl methyl sites for hydroxylation is 2. The van der Waals surface area contributed by atoms with Gasteiger partial charge in [-0.2, -0.15) is 0 Å². The summed E-state index contributed by atoms with van der Waals surface area (Å²) >= 11 is 0. The van der Waals surface area contributed by atoms with Gasteiger partial charge in [-0.1, -0.05) is 6.07 Å². The Bertz CT molecular complexity index is 578. The highest BCUT2D eigenvalue weighted by Gasteiger charge is 2.25. The Labute approximate surface area is 120 Å². The van der Waals surface area contributed by atoms with Gasteiger partial charge in [0.15, 0.2) is 0 Å². The third-order valence-corrected chi connectivity index (χ3v) is 5.02. The number of hydrogen-bond donors (Lipinski definition) is 2. The van der Waals surface area contributed by atoms with Crippen molar-refractivity contribution in [1.82, 2.24) is 10.0 Å². The van der Waals surface area contributed by atoms with E-state index >= 15 is 0 Å². The quantitative estimate of drug-likeness (QED) is 0.880. The van der Waals surface area contributed by atoms with Gasteiger partial charge in [0.1, 0.15) is 10.6 Å². The van der Waals surface area contributed by atoms with Crippen LogP contribution in [0.3, 0.4) is 0 Å². The van der Waals surface area contributed by atoms with Crippen molar-refractivity contribution >= 4 is 10.0 Å². The molecule has 1 aromatic carbocycles. The molecule has 1 aliphatic heterocycles. The zero-order valence-corrected chi connectivity index (χ0v) is 13.0. The van der Waals surface area contributed by atoms with E-state index in [4.69, 9.17) is 4.74 Å². The molecule has 0 amide bonds. The molecule has 20 heavy (non-hydrogen) atoms. The maximum Gasteiger partial charge on any atom is 0.244 e. The summed E-state index contributed by atoms with van der Waals surface area (Å²) in [5, 5.41) is 3.20. The highest BCUT2D eigenvalue weighted by Crippen LogP contribution is 2.29. The Morgan fingerprint density at radius 1 is 1.35 bits per heavy atom. The smallest absolute Gasteiger partial charge is 0.244 e. The van der Waals surface area contributed by atoms with Crippen LogP contribution in [0.5, 0.6) is 5.75 Å². The number of rotatable bonds is 4. The second-order valence-electron chi connectivity index (χ2n) is 5.28. The molecule has 1 aliphatic rings. The van der Waals surface area contributed by atoms with E-state index in [1.807, 2.05) is 19.9 Å². The Morgan fingerprint density at radius 3 is 2.70 bits per heavy atom. The fraction of sp³-hybridized carbons (Fsp3) is 0.571. The molecule has 6 heteroatoms. The maximum atomic E-state index is 12.6. The zero-order chi connectivity index (χ0) is 14.8. The number of piperidine rings is 1. The van der Waals surface area contributed by atoms with E-state index in [1.54, 1.807) is 6.07 Å². The zero-order valence-electron chi connectivity index (χ0n) is 12.2. The van der Waals surface area contributed by atoms with Gasteiger partial charge in [-0.15, -0.1) is 0 Å². The van der Waals surface area contributed by atoms with Crippen LogP contribution >= 0.6 is 0 Å². The van der Waals surface area contributed by atoms with Crippen LogP contribution in [-0.2, 0) is 10.0 Å². The molecule has 0 aromatic heterocycles. The summed E-state index contributed by atoms with van der Waals surface area (Å²) in [4.78, 5) is 0.225. The lowest BCUT2D eigenvalue weighted by Gasteiger charge is -2.24. The van der Waals surface area contributed by atoms with Crippen LogP contribution in [-0.4, -0.2) is 34.7 Å². The molecule has 0 radical (unpaired) electrons. The number of benzene rings is 1. The third-order valence-electron chi connectivity index (χ3n) is 3.50. The molecule has 112 valence electrons. The number of nitrogens with one attached hydrogen (secondary N) is 2. The summed E-state index contributed by atoms with van der Waals surface area (Å²) in [6, 6.07) is 3.52. The molecule has 1 heterocycles. The highest BCUT2D eigenvalue weighted by atomic mass is 32.2. The molecule has 0 spiro atoms. The van der Waals surface area contributed by atoms with Crippen LogP contribution < -0.4 is 14.8 Å². The summed E-state index contributed by atoms with van der Waals surface area (Å²) in [5.41, 5.74) is 1.74.